The van der Waals surface area contributed by atoms with Crippen LogP contribution in [0, 0.1) is 5.92 Å². The van der Waals surface area contributed by atoms with E-state index in [4.69, 9.17) is 4.74 Å². The van der Waals surface area contributed by atoms with Crippen LogP contribution < -0.4 is 10.2 Å². The number of aliphatic carboxylic acids is 2. The van der Waals surface area contributed by atoms with Gasteiger partial charge < -0.3 is 24.5 Å². The summed E-state index contributed by atoms with van der Waals surface area (Å²) in [4.78, 5) is 20.7. The molecule has 0 spiro atoms. The molecule has 0 amide bonds. The molecule has 1 saturated heterocycles. The van der Waals surface area contributed by atoms with Crippen molar-refractivity contribution in [1.82, 2.24) is 0 Å². The fourth-order valence-corrected chi connectivity index (χ4v) is 1.35. The molecule has 1 aliphatic heterocycles. The van der Waals surface area contributed by atoms with Crippen LogP contribution in [-0.4, -0.2) is 24.6 Å². The first kappa shape index (κ1) is 11.0. The van der Waals surface area contributed by atoms with Gasteiger partial charge >= 0.3 is 0 Å². The van der Waals surface area contributed by atoms with Crippen molar-refractivity contribution in [3.05, 3.63) is 0 Å². The lowest BCUT2D eigenvalue weighted by Gasteiger charge is -2.16. The molecule has 1 aliphatic rings. The molecular formula is C9H12O5-2. The van der Waals surface area contributed by atoms with Gasteiger partial charge in [-0.3, -0.25) is 0 Å². The Hall–Kier alpha value is -1.10. The van der Waals surface area contributed by atoms with Crippen molar-refractivity contribution in [2.24, 2.45) is 5.92 Å². The van der Waals surface area contributed by atoms with Crippen molar-refractivity contribution in [2.75, 3.05) is 6.61 Å². The summed E-state index contributed by atoms with van der Waals surface area (Å²) in [5, 5.41) is 20.7. The third-order valence-electron chi connectivity index (χ3n) is 2.22. The van der Waals surface area contributed by atoms with E-state index < -0.39 is 17.9 Å². The van der Waals surface area contributed by atoms with E-state index >= 15 is 0 Å². The van der Waals surface area contributed by atoms with E-state index in [2.05, 4.69) is 0 Å². The highest BCUT2D eigenvalue weighted by atomic mass is 16.6. The molecule has 80 valence electrons. The molecule has 1 fully saturated rings. The Morgan fingerprint density at radius 2 is 2.07 bits per heavy atom. The number of carboxylic acids is 2. The Labute approximate surface area is 81.7 Å². The van der Waals surface area contributed by atoms with Crippen LogP contribution in [0.5, 0.6) is 0 Å². The molecule has 1 rings (SSSR count). The molecule has 1 heterocycles. The fourth-order valence-electron chi connectivity index (χ4n) is 1.35. The molecule has 0 bridgehead atoms. The summed E-state index contributed by atoms with van der Waals surface area (Å²) in [7, 11) is 0. The summed E-state index contributed by atoms with van der Waals surface area (Å²) in [5.41, 5.74) is 0. The largest absolute Gasteiger partial charge is 0.550 e. The van der Waals surface area contributed by atoms with Gasteiger partial charge in [-0.2, -0.15) is 0 Å². The van der Waals surface area contributed by atoms with Crippen molar-refractivity contribution >= 4 is 11.9 Å². The molecule has 5 nitrogen and oxygen atoms in total. The first-order valence-electron chi connectivity index (χ1n) is 4.62. The number of rotatable bonds is 7. The average Bonchev–Trinajstić information content (AvgIpc) is 2.85. The smallest absolute Gasteiger partial charge is 0.0816 e. The molecule has 0 N–H and O–H groups in total. The zero-order valence-corrected chi connectivity index (χ0v) is 7.73. The highest BCUT2D eigenvalue weighted by molar-refractivity contribution is 5.68. The molecule has 2 atom stereocenters. The Bertz CT molecular complexity index is 221. The number of carbonyl (C=O) groups is 2. The van der Waals surface area contributed by atoms with Crippen LogP contribution in [0.3, 0.4) is 0 Å². The lowest BCUT2D eigenvalue weighted by molar-refractivity contribution is -0.313. The molecule has 0 aromatic carbocycles. The SMILES string of the molecule is O=C([O-])CCCC(CC1CO1)C(=O)[O-]. The summed E-state index contributed by atoms with van der Waals surface area (Å²) >= 11 is 0. The third kappa shape index (κ3) is 4.23. The van der Waals surface area contributed by atoms with Crippen molar-refractivity contribution < 1.29 is 24.5 Å². The van der Waals surface area contributed by atoms with Crippen molar-refractivity contribution in [1.29, 1.82) is 0 Å². The normalized spacial score (nSPS) is 21.6. The van der Waals surface area contributed by atoms with Crippen molar-refractivity contribution in [3.8, 4) is 0 Å². The number of carboxylic acid groups (broad SMARTS) is 2. The van der Waals surface area contributed by atoms with E-state index in [-0.39, 0.29) is 12.5 Å². The Morgan fingerprint density at radius 1 is 1.43 bits per heavy atom. The Balaban J connectivity index is 2.20. The van der Waals surface area contributed by atoms with Gasteiger partial charge in [0.1, 0.15) is 0 Å². The highest BCUT2D eigenvalue weighted by Crippen LogP contribution is 2.22. The number of epoxide rings is 1. The zero-order valence-electron chi connectivity index (χ0n) is 7.73. The summed E-state index contributed by atoms with van der Waals surface area (Å²) in [6.07, 6.45) is 0.982. The van der Waals surface area contributed by atoms with Crippen LogP contribution in [0.2, 0.25) is 0 Å². The minimum atomic E-state index is -1.15. The lowest BCUT2D eigenvalue weighted by Crippen LogP contribution is -2.32. The molecule has 0 radical (unpaired) electrons. The van der Waals surface area contributed by atoms with Crippen molar-refractivity contribution in [2.45, 2.75) is 31.8 Å². The second-order valence-corrected chi connectivity index (χ2v) is 3.47. The molecule has 0 aromatic heterocycles. The number of hydrogen-bond donors (Lipinski definition) is 0. The second-order valence-electron chi connectivity index (χ2n) is 3.47. The van der Waals surface area contributed by atoms with Crippen LogP contribution >= 0.6 is 0 Å². The minimum Gasteiger partial charge on any atom is -0.550 e. The first-order valence-corrected chi connectivity index (χ1v) is 4.62. The van der Waals surface area contributed by atoms with Gasteiger partial charge in [0, 0.05) is 17.9 Å². The van der Waals surface area contributed by atoms with Crippen LogP contribution in [0.4, 0.5) is 0 Å². The van der Waals surface area contributed by atoms with Crippen LogP contribution in [0.15, 0.2) is 0 Å². The second kappa shape index (κ2) is 4.95. The van der Waals surface area contributed by atoms with Gasteiger partial charge in [-0.25, -0.2) is 0 Å². The molecule has 2 unspecified atom stereocenters. The molecule has 14 heavy (non-hydrogen) atoms. The van der Waals surface area contributed by atoms with Crippen molar-refractivity contribution in [3.63, 3.8) is 0 Å². The predicted molar refractivity (Wildman–Crippen MR) is 41.7 cm³/mol. The highest BCUT2D eigenvalue weighted by Gasteiger charge is 2.26. The van der Waals surface area contributed by atoms with E-state index in [0.29, 0.717) is 25.9 Å². The topological polar surface area (TPSA) is 92.8 Å². The molecule has 0 aliphatic carbocycles. The first-order chi connectivity index (χ1) is 6.59. The Kier molecular flexibility index (Phi) is 3.88. The zero-order chi connectivity index (χ0) is 10.6. The maximum atomic E-state index is 10.6. The van der Waals surface area contributed by atoms with Gasteiger partial charge in [-0.1, -0.05) is 0 Å². The summed E-state index contributed by atoms with van der Waals surface area (Å²) < 4.78 is 4.90. The van der Waals surface area contributed by atoms with Gasteiger partial charge in [0.25, 0.3) is 0 Å². The Morgan fingerprint density at radius 3 is 2.50 bits per heavy atom. The van der Waals surface area contributed by atoms with E-state index in [1.54, 1.807) is 0 Å². The summed E-state index contributed by atoms with van der Waals surface area (Å²) in [6.45, 7) is 0.601. The van der Waals surface area contributed by atoms with E-state index in [9.17, 15) is 19.8 Å². The van der Waals surface area contributed by atoms with Crippen LogP contribution in [0.1, 0.15) is 25.7 Å². The van der Waals surface area contributed by atoms with Gasteiger partial charge in [0.15, 0.2) is 0 Å². The van der Waals surface area contributed by atoms with Gasteiger partial charge in [0.05, 0.1) is 12.7 Å². The maximum absolute atomic E-state index is 10.6. The number of carbonyl (C=O) groups excluding carboxylic acids is 2. The van der Waals surface area contributed by atoms with Crippen LogP contribution in [-0.2, 0) is 14.3 Å². The fraction of sp³-hybridized carbons (Fsp3) is 0.778. The quantitative estimate of drug-likeness (QED) is 0.446. The van der Waals surface area contributed by atoms with Crippen LogP contribution in [0.25, 0.3) is 0 Å². The van der Waals surface area contributed by atoms with Gasteiger partial charge in [0.2, 0.25) is 0 Å². The van der Waals surface area contributed by atoms with E-state index in [1.807, 2.05) is 0 Å². The minimum absolute atomic E-state index is 0.0286. The molecular weight excluding hydrogens is 188 g/mol. The summed E-state index contributed by atoms with van der Waals surface area (Å²) in [6, 6.07) is 0. The molecule has 0 aromatic rings. The summed E-state index contributed by atoms with van der Waals surface area (Å²) in [5.74, 6) is -2.87. The number of hydrogen-bond acceptors (Lipinski definition) is 5. The van der Waals surface area contributed by atoms with Gasteiger partial charge in [-0.15, -0.1) is 0 Å². The standard InChI is InChI=1S/C9H14O5/c10-8(11)3-1-2-6(9(12)13)4-7-5-14-7/h6-7H,1-5H2,(H,10,11)(H,12,13)/p-2. The lowest BCUT2D eigenvalue weighted by atomic mass is 9.97. The third-order valence-corrected chi connectivity index (χ3v) is 2.22. The monoisotopic (exact) mass is 200 g/mol. The number of ether oxygens (including phenoxy) is 1. The predicted octanol–water partition coefficient (Wildman–Crippen LogP) is -1.94. The average molecular weight is 200 g/mol. The maximum Gasteiger partial charge on any atom is 0.0816 e. The van der Waals surface area contributed by atoms with Gasteiger partial charge in [-0.05, 0) is 25.7 Å². The molecule has 0 saturated carbocycles. The van der Waals surface area contributed by atoms with E-state index in [1.165, 1.54) is 0 Å². The molecule has 5 heteroatoms. The van der Waals surface area contributed by atoms with E-state index in [0.717, 1.165) is 0 Å².